The summed E-state index contributed by atoms with van der Waals surface area (Å²) in [5, 5.41) is 8.63. The molecule has 1 aliphatic heterocycles. The quantitative estimate of drug-likeness (QED) is 0.417. The summed E-state index contributed by atoms with van der Waals surface area (Å²) < 4.78 is 1.98. The van der Waals surface area contributed by atoms with Gasteiger partial charge in [-0.25, -0.2) is 9.97 Å². The second-order valence-corrected chi connectivity index (χ2v) is 8.93. The molecule has 3 aromatic heterocycles. The number of nitrogens with one attached hydrogen (secondary N) is 2. The Morgan fingerprint density at radius 1 is 1.26 bits per heavy atom. The first kappa shape index (κ1) is 21.7. The molecule has 0 spiro atoms. The Kier molecular flexibility index (Phi) is 5.54. The van der Waals surface area contributed by atoms with Crippen LogP contribution in [0.15, 0.2) is 55.2 Å². The van der Waals surface area contributed by atoms with Crippen molar-refractivity contribution in [2.75, 3.05) is 18.0 Å². The number of nitrogens with zero attached hydrogens (tertiary/aromatic N) is 5. The van der Waals surface area contributed by atoms with Gasteiger partial charge in [0.05, 0.1) is 11.9 Å². The lowest BCUT2D eigenvalue weighted by atomic mass is 9.86. The molecule has 0 bridgehead atoms. The van der Waals surface area contributed by atoms with Crippen LogP contribution >= 0.6 is 0 Å². The van der Waals surface area contributed by atoms with Gasteiger partial charge < -0.3 is 15.2 Å². The van der Waals surface area contributed by atoms with Crippen LogP contribution in [0.1, 0.15) is 37.0 Å². The van der Waals surface area contributed by atoms with Crippen molar-refractivity contribution in [3.63, 3.8) is 0 Å². The van der Waals surface area contributed by atoms with Gasteiger partial charge in [0.1, 0.15) is 17.5 Å². The molecule has 1 amide bonds. The van der Waals surface area contributed by atoms with Crippen LogP contribution < -0.4 is 10.2 Å². The maximum atomic E-state index is 12.4. The fraction of sp³-hybridized carbons (Fsp3) is 0.308. The number of terminal acetylenes is 1. The molecule has 4 heterocycles. The van der Waals surface area contributed by atoms with Crippen LogP contribution in [0, 0.1) is 12.3 Å². The molecular weight excluding hydrogens is 426 g/mol. The number of rotatable bonds is 7. The maximum Gasteiger partial charge on any atom is 0.251 e. The highest BCUT2D eigenvalue weighted by molar-refractivity contribution is 5.94. The fourth-order valence-electron chi connectivity index (χ4n) is 4.41. The molecule has 34 heavy (non-hydrogen) atoms. The first-order chi connectivity index (χ1) is 16.5. The van der Waals surface area contributed by atoms with E-state index in [1.807, 2.05) is 60.5 Å². The number of carbonyl (C=O) groups is 1. The summed E-state index contributed by atoms with van der Waals surface area (Å²) in [7, 11) is 0. The average molecular weight is 454 g/mol. The summed E-state index contributed by atoms with van der Waals surface area (Å²) in [6.45, 7) is 5.53. The maximum absolute atomic E-state index is 12.4. The number of aromatic amines is 1. The predicted molar refractivity (Wildman–Crippen MR) is 132 cm³/mol. The molecule has 0 unspecified atom stereocenters. The molecule has 1 fully saturated rings. The van der Waals surface area contributed by atoms with E-state index in [0.717, 1.165) is 47.5 Å². The number of amides is 1. The Balaban J connectivity index is 1.33. The van der Waals surface area contributed by atoms with Crippen LogP contribution in [0.25, 0.3) is 22.3 Å². The number of fused-ring (bicyclic) bond motifs is 1. The van der Waals surface area contributed by atoms with Crippen molar-refractivity contribution in [3.8, 4) is 23.6 Å². The van der Waals surface area contributed by atoms with Gasteiger partial charge in [-0.15, -0.1) is 12.3 Å². The van der Waals surface area contributed by atoms with Crippen LogP contribution in [0.3, 0.4) is 0 Å². The zero-order valence-electron chi connectivity index (χ0n) is 19.3. The average Bonchev–Trinajstić information content (AvgIpc) is 3.51. The third-order valence-electron chi connectivity index (χ3n) is 6.58. The van der Waals surface area contributed by atoms with E-state index in [1.165, 1.54) is 0 Å². The minimum atomic E-state index is -0.288. The lowest BCUT2D eigenvalue weighted by Crippen LogP contribution is -2.63. The van der Waals surface area contributed by atoms with Gasteiger partial charge in [0.2, 0.25) is 0 Å². The summed E-state index contributed by atoms with van der Waals surface area (Å²) >= 11 is 0. The number of benzene rings is 1. The monoisotopic (exact) mass is 453 g/mol. The summed E-state index contributed by atoms with van der Waals surface area (Å²) in [6.07, 6.45) is 14.5. The summed E-state index contributed by atoms with van der Waals surface area (Å²) in [5.41, 5.74) is 4.01. The summed E-state index contributed by atoms with van der Waals surface area (Å²) in [4.78, 5) is 26.5. The number of H-pyrrole nitrogens is 1. The predicted octanol–water partition coefficient (Wildman–Crippen LogP) is 3.59. The minimum Gasteiger partial charge on any atom is -0.366 e. The molecule has 0 saturated carbocycles. The van der Waals surface area contributed by atoms with Crippen LogP contribution in [-0.4, -0.2) is 49.8 Å². The normalized spacial score (nSPS) is 15.5. The van der Waals surface area contributed by atoms with Gasteiger partial charge in [-0.1, -0.05) is 6.92 Å². The van der Waals surface area contributed by atoms with Gasteiger partial charge >= 0.3 is 0 Å². The highest BCUT2D eigenvalue weighted by atomic mass is 16.1. The molecule has 172 valence electrons. The van der Waals surface area contributed by atoms with Gasteiger partial charge in [-0.2, -0.15) is 5.10 Å². The van der Waals surface area contributed by atoms with Crippen molar-refractivity contribution < 1.29 is 4.79 Å². The van der Waals surface area contributed by atoms with E-state index < -0.39 is 0 Å². The standard InChI is InChI=1S/C26H27N7O/c1-4-11-26(33-14-20(13-30-33)23-22-10-12-27-24(22)29-17-28-23)15-32(16-26)21-8-6-19(7-9-21)25(34)31-18(3)5-2/h1,6-10,12-14,17-18H,5,11,15-16H2,2-3H3,(H,31,34)(H,27,28,29)/t18-/m1/s1. The molecular formula is C26H27N7O. The van der Waals surface area contributed by atoms with E-state index in [-0.39, 0.29) is 17.5 Å². The third-order valence-corrected chi connectivity index (χ3v) is 6.58. The van der Waals surface area contributed by atoms with E-state index in [1.54, 1.807) is 6.33 Å². The van der Waals surface area contributed by atoms with Crippen LogP contribution in [0.4, 0.5) is 5.69 Å². The Morgan fingerprint density at radius 2 is 2.06 bits per heavy atom. The van der Waals surface area contributed by atoms with Gasteiger partial charge in [0.15, 0.2) is 0 Å². The number of hydrogen-bond donors (Lipinski definition) is 2. The zero-order valence-corrected chi connectivity index (χ0v) is 19.3. The number of aromatic nitrogens is 5. The number of anilines is 1. The molecule has 1 atom stereocenters. The Labute approximate surface area is 198 Å². The summed E-state index contributed by atoms with van der Waals surface area (Å²) in [6, 6.07) is 9.85. The fourth-order valence-corrected chi connectivity index (χ4v) is 4.41. The van der Waals surface area contributed by atoms with Crippen LogP contribution in [0.2, 0.25) is 0 Å². The highest BCUT2D eigenvalue weighted by Crippen LogP contribution is 2.37. The Bertz CT molecular complexity index is 1360. The summed E-state index contributed by atoms with van der Waals surface area (Å²) in [5.74, 6) is 2.79. The molecule has 8 nitrogen and oxygen atoms in total. The molecule has 0 aliphatic carbocycles. The van der Waals surface area contributed by atoms with Gasteiger partial charge in [-0.3, -0.25) is 9.48 Å². The first-order valence-corrected chi connectivity index (χ1v) is 11.5. The lowest BCUT2D eigenvalue weighted by Gasteiger charge is -2.50. The minimum absolute atomic E-state index is 0.0449. The molecule has 1 aliphatic rings. The number of carbonyl (C=O) groups excluding carboxylic acids is 1. The molecule has 4 aromatic rings. The second kappa shape index (κ2) is 8.67. The molecule has 8 heteroatoms. The van der Waals surface area contributed by atoms with Crippen molar-refractivity contribution in [3.05, 3.63) is 60.8 Å². The molecule has 1 saturated heterocycles. The van der Waals surface area contributed by atoms with Crippen molar-refractivity contribution in [1.29, 1.82) is 0 Å². The van der Waals surface area contributed by atoms with Gasteiger partial charge in [0, 0.05) is 60.1 Å². The van der Waals surface area contributed by atoms with Crippen molar-refractivity contribution in [2.45, 2.75) is 38.3 Å². The van der Waals surface area contributed by atoms with E-state index >= 15 is 0 Å². The van der Waals surface area contributed by atoms with E-state index in [0.29, 0.717) is 12.0 Å². The number of hydrogen-bond acceptors (Lipinski definition) is 5. The Hall–Kier alpha value is -4.12. The molecule has 5 rings (SSSR count). The van der Waals surface area contributed by atoms with Crippen LogP contribution in [0.5, 0.6) is 0 Å². The van der Waals surface area contributed by atoms with E-state index in [4.69, 9.17) is 6.42 Å². The smallest absolute Gasteiger partial charge is 0.251 e. The largest absolute Gasteiger partial charge is 0.366 e. The topological polar surface area (TPSA) is 91.7 Å². The van der Waals surface area contributed by atoms with Crippen molar-refractivity contribution in [2.24, 2.45) is 0 Å². The highest BCUT2D eigenvalue weighted by Gasteiger charge is 2.45. The lowest BCUT2D eigenvalue weighted by molar-refractivity contribution is 0.0939. The third kappa shape index (κ3) is 3.79. The first-order valence-electron chi connectivity index (χ1n) is 11.5. The zero-order chi connectivity index (χ0) is 23.7. The van der Waals surface area contributed by atoms with Gasteiger partial charge in [-0.05, 0) is 43.7 Å². The van der Waals surface area contributed by atoms with Crippen molar-refractivity contribution >= 4 is 22.6 Å². The molecule has 0 radical (unpaired) electrons. The van der Waals surface area contributed by atoms with E-state index in [2.05, 4.69) is 43.1 Å². The molecule has 1 aromatic carbocycles. The second-order valence-electron chi connectivity index (χ2n) is 8.93. The Morgan fingerprint density at radius 3 is 2.79 bits per heavy atom. The van der Waals surface area contributed by atoms with Crippen LogP contribution in [-0.2, 0) is 5.54 Å². The molecule has 2 N–H and O–H groups in total. The van der Waals surface area contributed by atoms with Crippen molar-refractivity contribution in [1.82, 2.24) is 30.0 Å². The van der Waals surface area contributed by atoms with E-state index in [9.17, 15) is 4.79 Å². The van der Waals surface area contributed by atoms with Gasteiger partial charge in [0.25, 0.3) is 5.91 Å². The SMILES string of the molecule is C#CCC1(n2cc(-c3ncnc4[nH]ccc34)cn2)CN(c2ccc(C(=O)N[C@H](C)CC)cc2)C1.